The molecule has 288 valence electrons. The van der Waals surface area contributed by atoms with Crippen molar-refractivity contribution in [2.45, 2.75) is 64.3 Å². The summed E-state index contributed by atoms with van der Waals surface area (Å²) in [5, 5.41) is 2.09. The largest absolute Gasteiger partial charge is 0.488 e. The number of benzene rings is 4. The highest BCUT2D eigenvalue weighted by atomic mass is 16.6. The fourth-order valence-electron chi connectivity index (χ4n) is 8.45. The van der Waals surface area contributed by atoms with E-state index in [9.17, 15) is 9.59 Å². The first-order valence-electron chi connectivity index (χ1n) is 19.4. The maximum atomic E-state index is 13.3. The highest BCUT2D eigenvalue weighted by Gasteiger charge is 2.40. The average Bonchev–Trinajstić information content (AvgIpc) is 4.02. The van der Waals surface area contributed by atoms with E-state index in [-0.39, 0.29) is 36.6 Å². The summed E-state index contributed by atoms with van der Waals surface area (Å²) in [5.41, 5.74) is 6.28. The Hall–Kier alpha value is -5.88. The van der Waals surface area contributed by atoms with E-state index >= 15 is 0 Å². The van der Waals surface area contributed by atoms with Crippen LogP contribution in [0.2, 0.25) is 0 Å². The van der Waals surface area contributed by atoms with Crippen molar-refractivity contribution in [3.05, 3.63) is 96.2 Å². The molecular weight excluding hydrogens is 709 g/mol. The number of likely N-dealkylation sites (tertiary alicyclic amines) is 2. The van der Waals surface area contributed by atoms with Gasteiger partial charge in [-0.25, -0.2) is 14.8 Å². The van der Waals surface area contributed by atoms with Crippen LogP contribution in [0.15, 0.2) is 79.0 Å². The number of fused-ring (bicyclic) bond motifs is 6. The second-order valence-electron chi connectivity index (χ2n) is 16.0. The van der Waals surface area contributed by atoms with Gasteiger partial charge >= 0.3 is 6.09 Å². The van der Waals surface area contributed by atoms with Crippen LogP contribution in [0.4, 0.5) is 4.79 Å². The first-order chi connectivity index (χ1) is 27.1. The molecule has 3 aliphatic heterocycles. The van der Waals surface area contributed by atoms with Crippen LogP contribution in [0, 0.1) is 5.92 Å². The quantitative estimate of drug-likeness (QED) is 0.158. The first kappa shape index (κ1) is 35.8. The second-order valence-corrected chi connectivity index (χ2v) is 16.0. The normalized spacial score (nSPS) is 19.2. The SMILES string of the molecule is COC[C@H]1C[C@@H](c2ncc(-c3ccc4c(c3)COc3cc5c(ccc6nc([C@@H]7CCCN7C(=O)COc7ccccc7)[nH]c65)cc3-4)[nH]2)N(C(=O)OC(C)(C)C)C1. The minimum Gasteiger partial charge on any atom is -0.488 e. The summed E-state index contributed by atoms with van der Waals surface area (Å²) in [7, 11) is 1.69. The Morgan fingerprint density at radius 3 is 2.62 bits per heavy atom. The summed E-state index contributed by atoms with van der Waals surface area (Å²) in [6, 6.07) is 23.9. The number of nitrogens with zero attached hydrogens (tertiary/aromatic N) is 4. The van der Waals surface area contributed by atoms with Gasteiger partial charge in [0, 0.05) is 37.1 Å². The van der Waals surface area contributed by atoms with Crippen LogP contribution in [0.1, 0.15) is 69.3 Å². The molecule has 9 rings (SSSR count). The fraction of sp³-hybridized carbons (Fsp3) is 0.364. The molecule has 12 nitrogen and oxygen atoms in total. The van der Waals surface area contributed by atoms with Crippen LogP contribution in [0.25, 0.3) is 44.2 Å². The summed E-state index contributed by atoms with van der Waals surface area (Å²) in [5.74, 6) is 3.15. The lowest BCUT2D eigenvalue weighted by atomic mass is 9.92. The predicted molar refractivity (Wildman–Crippen MR) is 212 cm³/mol. The number of amides is 2. The van der Waals surface area contributed by atoms with E-state index in [1.54, 1.807) is 12.0 Å². The molecule has 2 N–H and O–H groups in total. The third kappa shape index (κ3) is 6.82. The number of ether oxygens (including phenoxy) is 4. The van der Waals surface area contributed by atoms with E-state index in [0.29, 0.717) is 32.1 Å². The number of hydrogen-bond acceptors (Lipinski definition) is 8. The third-order valence-electron chi connectivity index (χ3n) is 11.0. The summed E-state index contributed by atoms with van der Waals surface area (Å²) < 4.78 is 23.4. The van der Waals surface area contributed by atoms with Gasteiger partial charge in [-0.05, 0) is 98.5 Å². The zero-order valence-electron chi connectivity index (χ0n) is 32.1. The third-order valence-corrected chi connectivity index (χ3v) is 11.0. The monoisotopic (exact) mass is 754 g/mol. The summed E-state index contributed by atoms with van der Waals surface area (Å²) in [6.45, 7) is 7.83. The number of para-hydroxylation sites is 1. The van der Waals surface area contributed by atoms with Gasteiger partial charge in [-0.2, -0.15) is 0 Å². The average molecular weight is 755 g/mol. The summed E-state index contributed by atoms with van der Waals surface area (Å²) in [6.07, 6.45) is 3.97. The Balaban J connectivity index is 0.954. The molecule has 0 unspecified atom stereocenters. The molecule has 6 aromatic rings. The van der Waals surface area contributed by atoms with Crippen molar-refractivity contribution in [1.82, 2.24) is 29.7 Å². The highest BCUT2D eigenvalue weighted by Crippen LogP contribution is 2.43. The van der Waals surface area contributed by atoms with Crippen molar-refractivity contribution in [1.29, 1.82) is 0 Å². The Labute approximate surface area is 325 Å². The van der Waals surface area contributed by atoms with E-state index in [0.717, 1.165) is 86.4 Å². The standard InChI is InChI=1S/C44H46N6O6/c1-44(2,3)56-43(52)50-22-26(23-53-4)17-37(50)41-45-21-35(47-41)28-12-14-31-29(18-28)24-55-38-20-32-27(19-33(31)38)13-15-34-40(32)48-42(46-34)36-11-8-16-49(36)39(51)25-54-30-9-6-5-7-10-30/h5-7,9-10,12-15,18-21,26,36-37H,8,11,16-17,22-25H2,1-4H3,(H,45,47)(H,46,48)/t26-,36-,37-/m0/s1. The molecular formula is C44H46N6O6. The van der Waals surface area contributed by atoms with Crippen molar-refractivity contribution >= 4 is 33.8 Å². The van der Waals surface area contributed by atoms with E-state index in [2.05, 4.69) is 46.4 Å². The lowest BCUT2D eigenvalue weighted by Crippen LogP contribution is -2.37. The second kappa shape index (κ2) is 14.3. The Morgan fingerprint density at radius 2 is 1.80 bits per heavy atom. The lowest BCUT2D eigenvalue weighted by Gasteiger charge is -2.27. The molecule has 0 saturated carbocycles. The van der Waals surface area contributed by atoms with Gasteiger partial charge in [-0.1, -0.05) is 36.4 Å². The molecule has 5 heterocycles. The number of imidazole rings is 2. The number of H-pyrrole nitrogens is 2. The van der Waals surface area contributed by atoms with Gasteiger partial charge < -0.3 is 33.8 Å². The van der Waals surface area contributed by atoms with E-state index < -0.39 is 5.60 Å². The molecule has 4 aromatic carbocycles. The van der Waals surface area contributed by atoms with E-state index in [1.165, 1.54) is 0 Å². The van der Waals surface area contributed by atoms with Crippen LogP contribution < -0.4 is 9.47 Å². The number of carbonyl (C=O) groups is 2. The van der Waals surface area contributed by atoms with E-state index in [1.807, 2.05) is 68.3 Å². The summed E-state index contributed by atoms with van der Waals surface area (Å²) >= 11 is 0. The molecule has 2 amide bonds. The molecule has 3 atom stereocenters. The minimum absolute atomic E-state index is 0.0101. The van der Waals surface area contributed by atoms with Crippen molar-refractivity contribution in [2.75, 3.05) is 33.4 Å². The van der Waals surface area contributed by atoms with Crippen LogP contribution in [0.3, 0.4) is 0 Å². The maximum Gasteiger partial charge on any atom is 0.410 e. The number of carbonyl (C=O) groups excluding carboxylic acids is 2. The lowest BCUT2D eigenvalue weighted by molar-refractivity contribution is -0.134. The fourth-order valence-corrected chi connectivity index (χ4v) is 8.45. The predicted octanol–water partition coefficient (Wildman–Crippen LogP) is 8.35. The van der Waals surface area contributed by atoms with Crippen molar-refractivity contribution in [2.24, 2.45) is 5.92 Å². The van der Waals surface area contributed by atoms with E-state index in [4.69, 9.17) is 28.9 Å². The molecule has 56 heavy (non-hydrogen) atoms. The van der Waals surface area contributed by atoms with Crippen LogP contribution in [0.5, 0.6) is 11.5 Å². The smallest absolute Gasteiger partial charge is 0.410 e. The van der Waals surface area contributed by atoms with Gasteiger partial charge in [0.05, 0.1) is 41.6 Å². The number of aromatic nitrogens is 4. The Morgan fingerprint density at radius 1 is 0.946 bits per heavy atom. The Kier molecular flexibility index (Phi) is 9.15. The number of methoxy groups -OCH3 is 1. The molecule has 0 aliphatic carbocycles. The minimum atomic E-state index is -0.597. The van der Waals surface area contributed by atoms with Crippen molar-refractivity contribution < 1.29 is 28.5 Å². The Bertz CT molecular complexity index is 2430. The number of nitrogens with one attached hydrogen (secondary N) is 2. The zero-order valence-corrected chi connectivity index (χ0v) is 32.1. The topological polar surface area (TPSA) is 135 Å². The number of aromatic amines is 2. The van der Waals surface area contributed by atoms with Crippen molar-refractivity contribution in [3.8, 4) is 33.9 Å². The van der Waals surface area contributed by atoms with Crippen LogP contribution >= 0.6 is 0 Å². The van der Waals surface area contributed by atoms with Gasteiger partial charge in [0.15, 0.2) is 6.61 Å². The van der Waals surface area contributed by atoms with Crippen molar-refractivity contribution in [3.63, 3.8) is 0 Å². The molecule has 0 bridgehead atoms. The zero-order chi connectivity index (χ0) is 38.6. The molecule has 0 spiro atoms. The molecule has 2 saturated heterocycles. The van der Waals surface area contributed by atoms with Gasteiger partial charge in [0.25, 0.3) is 5.91 Å². The van der Waals surface area contributed by atoms with Gasteiger partial charge in [-0.15, -0.1) is 0 Å². The molecule has 2 fully saturated rings. The summed E-state index contributed by atoms with van der Waals surface area (Å²) in [4.78, 5) is 47.0. The van der Waals surface area contributed by atoms with Gasteiger partial charge in [0.1, 0.15) is 35.4 Å². The molecule has 0 radical (unpaired) electrons. The van der Waals surface area contributed by atoms with Gasteiger partial charge in [-0.3, -0.25) is 9.69 Å². The number of hydrogen-bond donors (Lipinski definition) is 2. The molecule has 2 aromatic heterocycles. The van der Waals surface area contributed by atoms with Gasteiger partial charge in [0.2, 0.25) is 0 Å². The molecule has 3 aliphatic rings. The maximum absolute atomic E-state index is 13.3. The van der Waals surface area contributed by atoms with Crippen LogP contribution in [-0.4, -0.2) is 80.8 Å². The molecule has 12 heteroatoms. The highest BCUT2D eigenvalue weighted by molar-refractivity contribution is 6.07. The van der Waals surface area contributed by atoms with Crippen LogP contribution in [-0.2, 0) is 20.9 Å². The first-order valence-corrected chi connectivity index (χ1v) is 19.4. The number of rotatable bonds is 8.